The van der Waals surface area contributed by atoms with Crippen molar-refractivity contribution in [2.24, 2.45) is 0 Å². The average molecular weight is 374 g/mol. The molecule has 3 aromatic rings. The Morgan fingerprint density at radius 2 is 1.89 bits per heavy atom. The first-order chi connectivity index (χ1) is 13.8. The molecule has 1 aromatic heterocycles. The smallest absolute Gasteiger partial charge is 0.159 e. The molecule has 28 heavy (non-hydrogen) atoms. The summed E-state index contributed by atoms with van der Waals surface area (Å²) in [6.45, 7) is 1.79. The van der Waals surface area contributed by atoms with Gasteiger partial charge in [-0.25, -0.2) is 9.97 Å². The highest BCUT2D eigenvalue weighted by atomic mass is 16.5. The zero-order valence-electron chi connectivity index (χ0n) is 16.1. The number of nitrogens with one attached hydrogen (secondary N) is 2. The number of hydrogen-bond donors (Lipinski definition) is 2. The predicted octanol–water partition coefficient (Wildman–Crippen LogP) is 3.74. The van der Waals surface area contributed by atoms with Crippen LogP contribution in [0.2, 0.25) is 0 Å². The first-order valence-electron chi connectivity index (χ1n) is 9.81. The summed E-state index contributed by atoms with van der Waals surface area (Å²) < 4.78 is 5.59. The molecule has 0 unspecified atom stereocenters. The van der Waals surface area contributed by atoms with Gasteiger partial charge in [0.15, 0.2) is 5.82 Å². The van der Waals surface area contributed by atoms with Crippen LogP contribution in [0, 0.1) is 0 Å². The van der Waals surface area contributed by atoms with Crippen molar-refractivity contribution in [3.8, 4) is 17.1 Å². The van der Waals surface area contributed by atoms with Gasteiger partial charge in [-0.2, -0.15) is 0 Å². The molecular formula is C23H26N4O. The number of methoxy groups -OCH3 is 1. The lowest BCUT2D eigenvalue weighted by Gasteiger charge is -2.34. The van der Waals surface area contributed by atoms with E-state index >= 15 is 0 Å². The van der Waals surface area contributed by atoms with Gasteiger partial charge >= 0.3 is 0 Å². The molecule has 0 radical (unpaired) electrons. The fourth-order valence-corrected chi connectivity index (χ4v) is 3.86. The second-order valence-electron chi connectivity index (χ2n) is 7.07. The molecule has 0 amide bonds. The molecule has 0 aliphatic carbocycles. The predicted molar refractivity (Wildman–Crippen MR) is 111 cm³/mol. The van der Waals surface area contributed by atoms with E-state index in [4.69, 9.17) is 4.74 Å². The number of hydrogen-bond acceptors (Lipinski definition) is 5. The molecule has 2 N–H and O–H groups in total. The maximum atomic E-state index is 5.59. The number of ether oxygens (including phenoxy) is 1. The Morgan fingerprint density at radius 3 is 2.68 bits per heavy atom. The van der Waals surface area contributed by atoms with E-state index in [2.05, 4.69) is 57.0 Å². The third-order valence-corrected chi connectivity index (χ3v) is 5.28. The minimum Gasteiger partial charge on any atom is -0.496 e. The average Bonchev–Trinajstić information content (AvgIpc) is 2.79. The number of nitrogens with zero attached hydrogens (tertiary/aromatic N) is 2. The topological polar surface area (TPSA) is 59.1 Å². The first kappa shape index (κ1) is 18.6. The van der Waals surface area contributed by atoms with Gasteiger partial charge in [0.25, 0.3) is 0 Å². The maximum absolute atomic E-state index is 5.59. The highest BCUT2D eigenvalue weighted by Gasteiger charge is 2.25. The van der Waals surface area contributed by atoms with E-state index in [-0.39, 0.29) is 0 Å². The van der Waals surface area contributed by atoms with Crippen molar-refractivity contribution in [3.63, 3.8) is 0 Å². The molecular weight excluding hydrogens is 348 g/mol. The van der Waals surface area contributed by atoms with Crippen LogP contribution in [0.25, 0.3) is 11.4 Å². The van der Waals surface area contributed by atoms with Crippen molar-refractivity contribution in [1.29, 1.82) is 0 Å². The first-order valence-corrected chi connectivity index (χ1v) is 9.81. The number of benzene rings is 2. The van der Waals surface area contributed by atoms with E-state index in [1.54, 1.807) is 19.5 Å². The summed E-state index contributed by atoms with van der Waals surface area (Å²) in [5.41, 5.74) is 3.45. The van der Waals surface area contributed by atoms with E-state index in [1.807, 2.05) is 18.2 Å². The van der Waals surface area contributed by atoms with Crippen LogP contribution in [0.15, 0.2) is 67.0 Å². The van der Waals surface area contributed by atoms with Crippen molar-refractivity contribution < 1.29 is 4.74 Å². The fourth-order valence-electron chi connectivity index (χ4n) is 3.86. The Balaban J connectivity index is 1.53. The monoisotopic (exact) mass is 374 g/mol. The third-order valence-electron chi connectivity index (χ3n) is 5.28. The molecule has 1 saturated heterocycles. The molecule has 5 heteroatoms. The summed E-state index contributed by atoms with van der Waals surface area (Å²) in [5, 5.41) is 7.43. The highest BCUT2D eigenvalue weighted by Crippen LogP contribution is 2.27. The molecule has 0 bridgehead atoms. The Hall–Kier alpha value is -2.76. The maximum Gasteiger partial charge on any atom is 0.159 e. The standard InChI is InChI=1S/C23H26N4O/c1-28-21-11-10-18(23-25-13-6-14-26-23)15-19(21)16-27-20-9-5-12-24-22(20)17-7-3-2-4-8-17/h2-4,6-8,10-11,13-15,20,22,24,27H,5,9,12,16H2,1H3/t20-,22-/m0/s1. The summed E-state index contributed by atoms with van der Waals surface area (Å²) >= 11 is 0. The normalized spacial score (nSPS) is 19.3. The van der Waals surface area contributed by atoms with Crippen LogP contribution in [-0.4, -0.2) is 29.7 Å². The lowest BCUT2D eigenvalue weighted by molar-refractivity contribution is 0.303. The van der Waals surface area contributed by atoms with Gasteiger partial charge in [0.1, 0.15) is 5.75 Å². The van der Waals surface area contributed by atoms with Gasteiger partial charge in [0, 0.05) is 42.1 Å². The highest BCUT2D eigenvalue weighted by molar-refractivity contribution is 5.58. The van der Waals surface area contributed by atoms with Crippen molar-refractivity contribution in [3.05, 3.63) is 78.1 Å². The minimum absolute atomic E-state index is 0.321. The second kappa shape index (κ2) is 8.95. The van der Waals surface area contributed by atoms with E-state index < -0.39 is 0 Å². The molecule has 5 nitrogen and oxygen atoms in total. The minimum atomic E-state index is 0.321. The van der Waals surface area contributed by atoms with E-state index in [0.29, 0.717) is 12.1 Å². The van der Waals surface area contributed by atoms with Crippen LogP contribution in [0.5, 0.6) is 5.75 Å². The molecule has 0 spiro atoms. The Kier molecular flexibility index (Phi) is 5.95. The lowest BCUT2D eigenvalue weighted by atomic mass is 9.92. The second-order valence-corrected chi connectivity index (χ2v) is 7.07. The zero-order valence-corrected chi connectivity index (χ0v) is 16.1. The molecule has 0 saturated carbocycles. The summed E-state index contributed by atoms with van der Waals surface area (Å²) in [6.07, 6.45) is 5.86. The van der Waals surface area contributed by atoms with E-state index in [9.17, 15) is 0 Å². The van der Waals surface area contributed by atoms with Gasteiger partial charge < -0.3 is 15.4 Å². The van der Waals surface area contributed by atoms with Gasteiger partial charge in [0.2, 0.25) is 0 Å². The zero-order chi connectivity index (χ0) is 19.2. The molecule has 144 valence electrons. The molecule has 1 aliphatic rings. The molecule has 2 heterocycles. The van der Waals surface area contributed by atoms with Gasteiger partial charge in [-0.05, 0) is 49.2 Å². The van der Waals surface area contributed by atoms with Crippen LogP contribution in [-0.2, 0) is 6.54 Å². The van der Waals surface area contributed by atoms with Gasteiger partial charge in [0.05, 0.1) is 7.11 Å². The summed E-state index contributed by atoms with van der Waals surface area (Å²) in [5.74, 6) is 1.61. The van der Waals surface area contributed by atoms with Crippen LogP contribution >= 0.6 is 0 Å². The third kappa shape index (κ3) is 4.21. The van der Waals surface area contributed by atoms with Crippen LogP contribution in [0.1, 0.15) is 30.0 Å². The largest absolute Gasteiger partial charge is 0.496 e. The molecule has 1 fully saturated rings. The Bertz CT molecular complexity index is 886. The van der Waals surface area contributed by atoms with Crippen LogP contribution < -0.4 is 15.4 Å². The lowest BCUT2D eigenvalue weighted by Crippen LogP contribution is -2.45. The molecule has 2 aromatic carbocycles. The number of rotatable bonds is 6. The van der Waals surface area contributed by atoms with Crippen molar-refractivity contribution in [2.75, 3.05) is 13.7 Å². The van der Waals surface area contributed by atoms with Crippen LogP contribution in [0.3, 0.4) is 0 Å². The summed E-state index contributed by atoms with van der Waals surface area (Å²) in [7, 11) is 1.71. The summed E-state index contributed by atoms with van der Waals surface area (Å²) in [6, 6.07) is 19.3. The number of aromatic nitrogens is 2. The van der Waals surface area contributed by atoms with Gasteiger partial charge in [-0.1, -0.05) is 30.3 Å². The Morgan fingerprint density at radius 1 is 1.07 bits per heavy atom. The number of piperidine rings is 1. The Labute approximate surface area is 166 Å². The molecule has 4 rings (SSSR count). The van der Waals surface area contributed by atoms with Gasteiger partial charge in [-0.3, -0.25) is 0 Å². The van der Waals surface area contributed by atoms with Crippen molar-refractivity contribution in [2.45, 2.75) is 31.5 Å². The van der Waals surface area contributed by atoms with E-state index in [1.165, 1.54) is 12.0 Å². The fraction of sp³-hybridized carbons (Fsp3) is 0.304. The molecule has 2 atom stereocenters. The van der Waals surface area contributed by atoms with Gasteiger partial charge in [-0.15, -0.1) is 0 Å². The van der Waals surface area contributed by atoms with E-state index in [0.717, 1.165) is 42.2 Å². The summed E-state index contributed by atoms with van der Waals surface area (Å²) in [4.78, 5) is 8.73. The van der Waals surface area contributed by atoms with Crippen molar-refractivity contribution in [1.82, 2.24) is 20.6 Å². The molecule has 1 aliphatic heterocycles. The quantitative estimate of drug-likeness (QED) is 0.688. The SMILES string of the molecule is COc1ccc(-c2ncccn2)cc1CN[C@H]1CCCN[C@H]1c1ccccc1. The van der Waals surface area contributed by atoms with Crippen LogP contribution in [0.4, 0.5) is 0 Å². The van der Waals surface area contributed by atoms with Crippen molar-refractivity contribution >= 4 is 0 Å².